The minimum absolute atomic E-state index is 0.0208. The maximum atomic E-state index is 12.5. The number of pyridine rings is 1. The van der Waals surface area contributed by atoms with Crippen LogP contribution in [0.2, 0.25) is 5.15 Å². The third kappa shape index (κ3) is 3.90. The summed E-state index contributed by atoms with van der Waals surface area (Å²) < 4.78 is 21.1. The topological polar surface area (TPSA) is 66.9 Å². The number of benzene rings is 2. The highest BCUT2D eigenvalue weighted by molar-refractivity contribution is 6.30. The molecule has 0 unspecified atom stereocenters. The molecule has 0 atom stereocenters. The molecule has 0 N–H and O–H groups in total. The summed E-state index contributed by atoms with van der Waals surface area (Å²) in [6.07, 6.45) is 0. The van der Waals surface area contributed by atoms with Crippen LogP contribution >= 0.6 is 11.6 Å². The van der Waals surface area contributed by atoms with Gasteiger partial charge in [0, 0.05) is 17.0 Å². The van der Waals surface area contributed by atoms with Crippen LogP contribution in [0.15, 0.2) is 42.5 Å². The third-order valence-electron chi connectivity index (χ3n) is 4.03. The van der Waals surface area contributed by atoms with Crippen molar-refractivity contribution < 1.29 is 23.7 Å². The third-order valence-corrected chi connectivity index (χ3v) is 4.36. The molecule has 0 amide bonds. The van der Waals surface area contributed by atoms with E-state index in [-0.39, 0.29) is 17.3 Å². The SMILES string of the molecule is COc1ccc2cc(COC(=O)c3cccc(OC)c3OC)c(Cl)nc2c1. The summed E-state index contributed by atoms with van der Waals surface area (Å²) in [7, 11) is 4.55. The second-order valence-corrected chi connectivity index (χ2v) is 5.97. The highest BCUT2D eigenvalue weighted by atomic mass is 35.5. The molecular formula is C20H18ClNO5. The lowest BCUT2D eigenvalue weighted by Gasteiger charge is -2.12. The van der Waals surface area contributed by atoms with E-state index in [0.717, 1.165) is 5.39 Å². The number of methoxy groups -OCH3 is 3. The van der Waals surface area contributed by atoms with Crippen LogP contribution in [0.1, 0.15) is 15.9 Å². The highest BCUT2D eigenvalue weighted by Crippen LogP contribution is 2.31. The molecule has 0 saturated heterocycles. The zero-order chi connectivity index (χ0) is 19.4. The number of para-hydroxylation sites is 1. The fourth-order valence-corrected chi connectivity index (χ4v) is 2.86. The predicted molar refractivity (Wildman–Crippen MR) is 102 cm³/mol. The Morgan fingerprint density at radius 3 is 2.56 bits per heavy atom. The van der Waals surface area contributed by atoms with Crippen molar-refractivity contribution in [3.63, 3.8) is 0 Å². The molecule has 0 fully saturated rings. The number of carbonyl (C=O) groups is 1. The number of rotatable bonds is 6. The van der Waals surface area contributed by atoms with Crippen molar-refractivity contribution in [2.75, 3.05) is 21.3 Å². The molecule has 0 aliphatic heterocycles. The molecule has 7 heteroatoms. The van der Waals surface area contributed by atoms with Gasteiger partial charge in [0.25, 0.3) is 0 Å². The molecule has 6 nitrogen and oxygen atoms in total. The summed E-state index contributed by atoms with van der Waals surface area (Å²) in [6.45, 7) is -0.0208. The summed E-state index contributed by atoms with van der Waals surface area (Å²) in [5.41, 5.74) is 1.57. The zero-order valence-electron chi connectivity index (χ0n) is 15.1. The number of esters is 1. The van der Waals surface area contributed by atoms with Crippen LogP contribution in [0.3, 0.4) is 0 Å². The van der Waals surface area contributed by atoms with E-state index in [9.17, 15) is 4.79 Å². The van der Waals surface area contributed by atoms with Gasteiger partial charge in [-0.3, -0.25) is 0 Å². The highest BCUT2D eigenvalue weighted by Gasteiger charge is 2.18. The van der Waals surface area contributed by atoms with Crippen molar-refractivity contribution in [3.8, 4) is 17.2 Å². The van der Waals surface area contributed by atoms with E-state index in [1.807, 2.05) is 18.2 Å². The molecule has 2 aromatic carbocycles. The van der Waals surface area contributed by atoms with E-state index >= 15 is 0 Å². The molecule has 0 radical (unpaired) electrons. The van der Waals surface area contributed by atoms with Crippen molar-refractivity contribution in [1.29, 1.82) is 0 Å². The summed E-state index contributed by atoms with van der Waals surface area (Å²) in [5.74, 6) is 0.915. The molecule has 3 aromatic rings. The maximum Gasteiger partial charge on any atom is 0.342 e. The quantitative estimate of drug-likeness (QED) is 0.464. The lowest BCUT2D eigenvalue weighted by atomic mass is 10.1. The van der Waals surface area contributed by atoms with Crippen LogP contribution in [0.4, 0.5) is 0 Å². The molecule has 27 heavy (non-hydrogen) atoms. The van der Waals surface area contributed by atoms with E-state index in [1.54, 1.807) is 31.4 Å². The first-order valence-corrected chi connectivity index (χ1v) is 8.46. The number of halogens is 1. The smallest absolute Gasteiger partial charge is 0.342 e. The second-order valence-electron chi connectivity index (χ2n) is 5.61. The Morgan fingerprint density at radius 2 is 1.85 bits per heavy atom. The van der Waals surface area contributed by atoms with Crippen LogP contribution in [0, 0.1) is 0 Å². The average Bonchev–Trinajstić information content (AvgIpc) is 2.70. The number of fused-ring (bicyclic) bond motifs is 1. The van der Waals surface area contributed by atoms with E-state index in [2.05, 4.69) is 4.98 Å². The van der Waals surface area contributed by atoms with Gasteiger partial charge in [0.2, 0.25) is 0 Å². The van der Waals surface area contributed by atoms with Crippen LogP contribution in [-0.2, 0) is 11.3 Å². The Morgan fingerprint density at radius 1 is 1.04 bits per heavy atom. The zero-order valence-corrected chi connectivity index (χ0v) is 15.9. The van der Waals surface area contributed by atoms with E-state index in [0.29, 0.717) is 28.3 Å². The number of ether oxygens (including phenoxy) is 4. The Labute approximate surface area is 161 Å². The lowest BCUT2D eigenvalue weighted by molar-refractivity contribution is 0.0468. The number of hydrogen-bond donors (Lipinski definition) is 0. The minimum Gasteiger partial charge on any atom is -0.497 e. The van der Waals surface area contributed by atoms with Gasteiger partial charge in [-0.15, -0.1) is 0 Å². The first-order valence-electron chi connectivity index (χ1n) is 8.08. The average molecular weight is 388 g/mol. The Hall–Kier alpha value is -2.99. The summed E-state index contributed by atoms with van der Waals surface area (Å²) in [6, 6.07) is 12.3. The summed E-state index contributed by atoms with van der Waals surface area (Å²) >= 11 is 6.25. The van der Waals surface area contributed by atoms with Gasteiger partial charge in [0.1, 0.15) is 23.1 Å². The molecule has 0 saturated carbocycles. The molecule has 0 aliphatic rings. The van der Waals surface area contributed by atoms with Crippen LogP contribution in [0.25, 0.3) is 10.9 Å². The fourth-order valence-electron chi connectivity index (χ4n) is 2.66. The van der Waals surface area contributed by atoms with Crippen molar-refractivity contribution in [1.82, 2.24) is 4.98 Å². The Balaban J connectivity index is 1.82. The first-order chi connectivity index (χ1) is 13.1. The van der Waals surface area contributed by atoms with Crippen molar-refractivity contribution >= 4 is 28.5 Å². The number of aromatic nitrogens is 1. The Bertz CT molecular complexity index is 990. The molecule has 0 bridgehead atoms. The van der Waals surface area contributed by atoms with Gasteiger partial charge in [-0.2, -0.15) is 0 Å². The second kappa shape index (κ2) is 8.14. The predicted octanol–water partition coefficient (Wildman–Crippen LogP) is 4.27. The van der Waals surface area contributed by atoms with Gasteiger partial charge in [0.05, 0.1) is 26.8 Å². The van der Waals surface area contributed by atoms with E-state index in [4.69, 9.17) is 30.5 Å². The van der Waals surface area contributed by atoms with Gasteiger partial charge in [-0.1, -0.05) is 17.7 Å². The Kier molecular flexibility index (Phi) is 5.66. The standard InChI is InChI=1S/C20H18ClNO5/c1-24-14-8-7-12-9-13(19(21)22-16(12)10-14)11-27-20(23)15-5-4-6-17(25-2)18(15)26-3/h4-10H,11H2,1-3H3. The van der Waals surface area contributed by atoms with Crippen LogP contribution in [-0.4, -0.2) is 32.3 Å². The first kappa shape index (κ1) is 18.8. The van der Waals surface area contributed by atoms with Gasteiger partial charge in [0.15, 0.2) is 11.5 Å². The van der Waals surface area contributed by atoms with Crippen LogP contribution < -0.4 is 14.2 Å². The molecule has 0 spiro atoms. The minimum atomic E-state index is -0.545. The van der Waals surface area contributed by atoms with E-state index < -0.39 is 5.97 Å². The normalized spacial score (nSPS) is 10.5. The van der Waals surface area contributed by atoms with Crippen molar-refractivity contribution in [2.24, 2.45) is 0 Å². The van der Waals surface area contributed by atoms with Crippen molar-refractivity contribution in [2.45, 2.75) is 6.61 Å². The van der Waals surface area contributed by atoms with Gasteiger partial charge in [-0.05, 0) is 30.3 Å². The number of hydrogen-bond acceptors (Lipinski definition) is 6. The lowest BCUT2D eigenvalue weighted by Crippen LogP contribution is -2.08. The summed E-state index contributed by atoms with van der Waals surface area (Å²) in [4.78, 5) is 16.8. The number of carbonyl (C=O) groups excluding carboxylic acids is 1. The fraction of sp³-hybridized carbons (Fsp3) is 0.200. The van der Waals surface area contributed by atoms with E-state index in [1.165, 1.54) is 14.2 Å². The van der Waals surface area contributed by atoms with Gasteiger partial charge < -0.3 is 18.9 Å². The molecule has 0 aliphatic carbocycles. The largest absolute Gasteiger partial charge is 0.497 e. The van der Waals surface area contributed by atoms with Crippen LogP contribution in [0.5, 0.6) is 17.2 Å². The van der Waals surface area contributed by atoms with Gasteiger partial charge in [-0.25, -0.2) is 9.78 Å². The van der Waals surface area contributed by atoms with Gasteiger partial charge >= 0.3 is 5.97 Å². The molecule has 140 valence electrons. The maximum absolute atomic E-state index is 12.5. The molecule has 1 heterocycles. The molecular weight excluding hydrogens is 370 g/mol. The summed E-state index contributed by atoms with van der Waals surface area (Å²) in [5, 5.41) is 1.13. The molecule has 1 aromatic heterocycles. The van der Waals surface area contributed by atoms with Crippen molar-refractivity contribution in [3.05, 3.63) is 58.7 Å². The molecule has 3 rings (SSSR count). The number of nitrogens with zero attached hydrogens (tertiary/aromatic N) is 1. The monoisotopic (exact) mass is 387 g/mol.